The van der Waals surface area contributed by atoms with E-state index in [-0.39, 0.29) is 134 Å². The van der Waals surface area contributed by atoms with Gasteiger partial charge in [-0.3, -0.25) is 0 Å². The van der Waals surface area contributed by atoms with Crippen LogP contribution in [0.15, 0.2) is 0 Å². The van der Waals surface area contributed by atoms with Crippen molar-refractivity contribution in [2.24, 2.45) is 0 Å². The van der Waals surface area contributed by atoms with Crippen LogP contribution >= 0.6 is 0 Å². The molecule has 0 aliphatic carbocycles. The van der Waals surface area contributed by atoms with Crippen LogP contribution in [0.25, 0.3) is 0 Å². The van der Waals surface area contributed by atoms with E-state index in [1.165, 1.54) is 0 Å². The maximum atomic E-state index is 0. The molecule has 0 saturated heterocycles. The Bertz CT molecular complexity index is 4.85. The largest absolute Gasteiger partial charge is 3.00 e. The molecule has 5 heavy (non-hydrogen) atoms. The van der Waals surface area contributed by atoms with Crippen molar-refractivity contribution in [1.82, 2.24) is 0 Å². The van der Waals surface area contributed by atoms with E-state index in [9.17, 15) is 0 Å². The molecule has 0 amide bonds. The summed E-state index contributed by atoms with van der Waals surface area (Å²) in [6, 6.07) is 0. The molecule has 0 aliphatic rings. The van der Waals surface area contributed by atoms with Crippen LogP contribution in [-0.4, -0.2) is 0 Å². The Morgan fingerprint density at radius 1 is 0.600 bits per heavy atom. The smallest absolute Gasteiger partial charge is 1.00 e. The first-order chi connectivity index (χ1) is 0. The second kappa shape index (κ2) is 24.1. The molecule has 0 aromatic carbocycles. The van der Waals surface area contributed by atoms with Crippen molar-refractivity contribution in [2.45, 2.75) is 0 Å². The number of hydrogen-bond donors (Lipinski definition) is 0. The zero-order chi connectivity index (χ0) is 0. The summed E-state index contributed by atoms with van der Waals surface area (Å²) in [7, 11) is 0. The van der Waals surface area contributed by atoms with Gasteiger partial charge in [-0.15, -0.1) is 0 Å². The summed E-state index contributed by atoms with van der Waals surface area (Å²) in [4.78, 5) is 0. The predicted molar refractivity (Wildman–Crippen MR) is 0 cm³/mol. The SMILES string of the molecule is [Br-].[Br-].[Br-].[Ce+3].[Ce]. The van der Waals surface area contributed by atoms with E-state index in [0.717, 1.165) is 0 Å². The third-order valence-electron chi connectivity index (χ3n) is 0. The number of halogens is 3. The number of hydrogen-bond acceptors (Lipinski definition) is 0. The van der Waals surface area contributed by atoms with Crippen molar-refractivity contribution in [3.05, 3.63) is 0 Å². The van der Waals surface area contributed by atoms with E-state index in [2.05, 4.69) is 0 Å². The topological polar surface area (TPSA) is 0 Å². The van der Waals surface area contributed by atoms with Gasteiger partial charge in [-0.2, -0.15) is 0 Å². The molecule has 0 spiro atoms. The van der Waals surface area contributed by atoms with Crippen molar-refractivity contribution in [3.63, 3.8) is 0 Å². The third kappa shape index (κ3) is 17.9. The van der Waals surface area contributed by atoms with Gasteiger partial charge in [0.25, 0.3) is 0 Å². The molecular formula is Br3Ce2. The molecule has 0 N–H and O–H groups in total. The minimum atomic E-state index is 0. The molecule has 0 aromatic rings. The van der Waals surface area contributed by atoms with Gasteiger partial charge in [-0.05, 0) is 0 Å². The first kappa shape index (κ1) is 35.1. The predicted octanol–water partition coefficient (Wildman–Crippen LogP) is -8.99. The van der Waals surface area contributed by atoms with Gasteiger partial charge in [-0.1, -0.05) is 0 Å². The quantitative estimate of drug-likeness (QED) is 0.298. The van der Waals surface area contributed by atoms with E-state index < -0.39 is 0 Å². The van der Waals surface area contributed by atoms with Gasteiger partial charge in [0, 0.05) is 41.7 Å². The maximum Gasteiger partial charge on any atom is 3.00 e. The molecule has 0 aromatic heterocycles. The molecule has 1 radical (unpaired) electrons. The molecular weight excluding hydrogens is 520 g/mol. The number of rotatable bonds is 0. The zero-order valence-corrected chi connectivity index (χ0v) is 13.2. The van der Waals surface area contributed by atoms with Gasteiger partial charge in [0.2, 0.25) is 0 Å². The Kier molecular flexibility index (Phi) is 169. The second-order valence-electron chi connectivity index (χ2n) is 0. The van der Waals surface area contributed by atoms with Gasteiger partial charge in [0.1, 0.15) is 0 Å². The molecule has 0 saturated carbocycles. The van der Waals surface area contributed by atoms with Crippen LogP contribution in [0.1, 0.15) is 0 Å². The third-order valence-corrected chi connectivity index (χ3v) is 0. The van der Waals surface area contributed by atoms with Crippen molar-refractivity contribution in [1.29, 1.82) is 0 Å². The molecule has 0 aliphatic heterocycles. The average Bonchev–Trinajstić information content (AvgIpc) is 0. The fourth-order valence-corrected chi connectivity index (χ4v) is 0. The first-order valence-electron chi connectivity index (χ1n) is 0. The average molecular weight is 520 g/mol. The van der Waals surface area contributed by atoms with Gasteiger partial charge in [-0.25, -0.2) is 0 Å². The van der Waals surface area contributed by atoms with Gasteiger partial charge < -0.3 is 50.9 Å². The van der Waals surface area contributed by atoms with E-state index in [1.54, 1.807) is 0 Å². The van der Waals surface area contributed by atoms with Crippen molar-refractivity contribution < 1.29 is 134 Å². The summed E-state index contributed by atoms with van der Waals surface area (Å²) >= 11 is 0. The molecule has 0 nitrogen and oxygen atoms in total. The van der Waals surface area contributed by atoms with E-state index in [0.29, 0.717) is 0 Å². The zero-order valence-electron chi connectivity index (χ0n) is 2.13. The first-order valence-corrected chi connectivity index (χ1v) is 0. The fraction of sp³-hybridized carbons (Fsp3) is 0. The summed E-state index contributed by atoms with van der Waals surface area (Å²) in [5.74, 6) is 0. The van der Waals surface area contributed by atoms with E-state index in [4.69, 9.17) is 0 Å². The minimum Gasteiger partial charge on any atom is -1.00 e. The van der Waals surface area contributed by atoms with Crippen molar-refractivity contribution >= 4 is 0 Å². The normalized spacial score (nSPS) is 0. The van der Waals surface area contributed by atoms with E-state index >= 15 is 0 Å². The molecule has 0 rings (SSSR count). The Hall–Kier alpha value is 4.19. The summed E-state index contributed by atoms with van der Waals surface area (Å²) in [5, 5.41) is 0. The molecule has 0 unspecified atom stereocenters. The van der Waals surface area contributed by atoms with Gasteiger partial charge in [0.05, 0.1) is 0 Å². The summed E-state index contributed by atoms with van der Waals surface area (Å²) in [6.45, 7) is 0. The van der Waals surface area contributed by atoms with Crippen LogP contribution in [0.2, 0.25) is 0 Å². The van der Waals surface area contributed by atoms with Crippen LogP contribution in [0, 0.1) is 83.5 Å². The summed E-state index contributed by atoms with van der Waals surface area (Å²) in [6.07, 6.45) is 0. The Balaban J connectivity index is 0. The van der Waals surface area contributed by atoms with Crippen LogP contribution in [0.5, 0.6) is 0 Å². The maximum absolute atomic E-state index is 0. The molecule has 0 fully saturated rings. The summed E-state index contributed by atoms with van der Waals surface area (Å²) in [5.41, 5.74) is 0. The van der Waals surface area contributed by atoms with Crippen molar-refractivity contribution in [2.75, 3.05) is 0 Å². The Labute approximate surface area is 131 Å². The fourth-order valence-electron chi connectivity index (χ4n) is 0. The standard InChI is InChI=1S/3BrH.2Ce/h3*1H;;/q;;;;+3/p-3. The van der Waals surface area contributed by atoms with Gasteiger partial charge >= 0.3 is 41.7 Å². The second-order valence-corrected chi connectivity index (χ2v) is 0. The molecule has 0 heterocycles. The monoisotopic (exact) mass is 517 g/mol. The minimum absolute atomic E-state index is 0. The van der Waals surface area contributed by atoms with Crippen LogP contribution in [0.4, 0.5) is 0 Å². The Morgan fingerprint density at radius 2 is 0.600 bits per heavy atom. The molecule has 29 valence electrons. The molecule has 5 heteroatoms. The molecule has 0 atom stereocenters. The Morgan fingerprint density at radius 3 is 0.600 bits per heavy atom. The van der Waals surface area contributed by atoms with Crippen molar-refractivity contribution in [3.8, 4) is 0 Å². The summed E-state index contributed by atoms with van der Waals surface area (Å²) < 4.78 is 0. The van der Waals surface area contributed by atoms with Gasteiger partial charge in [0.15, 0.2) is 0 Å². The van der Waals surface area contributed by atoms with Crippen LogP contribution in [-0.2, 0) is 0 Å². The molecule has 0 bridgehead atoms. The van der Waals surface area contributed by atoms with E-state index in [1.807, 2.05) is 0 Å². The van der Waals surface area contributed by atoms with Crippen LogP contribution in [0.3, 0.4) is 0 Å². The van der Waals surface area contributed by atoms with Crippen LogP contribution < -0.4 is 50.9 Å².